The zero-order valence-corrected chi connectivity index (χ0v) is 14.7. The summed E-state index contributed by atoms with van der Waals surface area (Å²) >= 11 is 0. The number of hydrogen-bond donors (Lipinski definition) is 2. The predicted octanol–water partition coefficient (Wildman–Crippen LogP) is 4.79. The number of furan rings is 1. The highest BCUT2D eigenvalue weighted by atomic mass is 16.3. The van der Waals surface area contributed by atoms with Gasteiger partial charge >= 0.3 is 0 Å². The van der Waals surface area contributed by atoms with Crippen molar-refractivity contribution < 1.29 is 9.21 Å². The van der Waals surface area contributed by atoms with E-state index >= 15 is 0 Å². The average Bonchev–Trinajstić information content (AvgIpc) is 3.16. The minimum absolute atomic E-state index is 0.0407. The van der Waals surface area contributed by atoms with Crippen molar-refractivity contribution in [2.45, 2.75) is 31.2 Å². The second-order valence-electron chi connectivity index (χ2n) is 6.95. The number of nitrogens with one attached hydrogen (secondary N) is 1. The van der Waals surface area contributed by atoms with Crippen LogP contribution in [0.2, 0.25) is 0 Å². The Morgan fingerprint density at radius 1 is 1.15 bits per heavy atom. The molecule has 1 aromatic heterocycles. The van der Waals surface area contributed by atoms with Crippen LogP contribution in [-0.2, 0) is 0 Å². The lowest BCUT2D eigenvalue weighted by Gasteiger charge is -2.09. The lowest BCUT2D eigenvalue weighted by molar-refractivity contribution is 0.102. The number of carbonyl (C=O) groups excluding carboxylic acids is 1. The Balaban J connectivity index is 1.53. The summed E-state index contributed by atoms with van der Waals surface area (Å²) in [5.41, 5.74) is 9.76. The minimum Gasteiger partial charge on any atom is -0.462 e. The van der Waals surface area contributed by atoms with E-state index in [-0.39, 0.29) is 11.4 Å². The molecule has 26 heavy (non-hydrogen) atoms. The van der Waals surface area contributed by atoms with Crippen LogP contribution in [0.1, 0.15) is 41.6 Å². The molecule has 4 rings (SSSR count). The van der Waals surface area contributed by atoms with Crippen LogP contribution in [0, 0.1) is 0 Å². The third-order valence-corrected chi connectivity index (χ3v) is 5.30. The minimum atomic E-state index is -0.154. The molecular weight excluding hydrogens is 324 g/mol. The van der Waals surface area contributed by atoms with E-state index in [9.17, 15) is 4.79 Å². The number of carbonyl (C=O) groups is 1. The number of anilines is 1. The van der Waals surface area contributed by atoms with E-state index in [1.165, 1.54) is 5.56 Å². The highest BCUT2D eigenvalue weighted by molar-refractivity contribution is 6.05. The van der Waals surface area contributed by atoms with Gasteiger partial charge in [-0.1, -0.05) is 49.4 Å². The van der Waals surface area contributed by atoms with Crippen molar-refractivity contribution in [3.63, 3.8) is 0 Å². The normalized spacial score (nSPS) is 21.4. The van der Waals surface area contributed by atoms with E-state index in [4.69, 9.17) is 10.2 Å². The van der Waals surface area contributed by atoms with E-state index in [1.807, 2.05) is 30.3 Å². The predicted molar refractivity (Wildman–Crippen MR) is 103 cm³/mol. The molecule has 3 N–H and O–H groups in total. The Labute approximate surface area is 153 Å². The molecule has 1 aliphatic carbocycles. The van der Waals surface area contributed by atoms with Crippen LogP contribution in [0.5, 0.6) is 0 Å². The molecule has 1 saturated carbocycles. The fourth-order valence-corrected chi connectivity index (χ4v) is 3.44. The molecule has 1 heterocycles. The second kappa shape index (κ2) is 6.46. The number of benzene rings is 2. The van der Waals surface area contributed by atoms with Gasteiger partial charge in [0.25, 0.3) is 5.91 Å². The molecule has 1 amide bonds. The number of hydrogen-bond acceptors (Lipinski definition) is 3. The summed E-state index contributed by atoms with van der Waals surface area (Å²) in [5, 5.41) is 2.92. The van der Waals surface area contributed by atoms with E-state index in [2.05, 4.69) is 24.4 Å². The van der Waals surface area contributed by atoms with Crippen molar-refractivity contribution in [2.75, 3.05) is 5.32 Å². The zero-order chi connectivity index (χ0) is 18.1. The molecule has 2 unspecified atom stereocenters. The molecule has 2 atom stereocenters. The topological polar surface area (TPSA) is 68.3 Å². The Morgan fingerprint density at radius 2 is 1.88 bits per heavy atom. The van der Waals surface area contributed by atoms with Crippen LogP contribution >= 0.6 is 0 Å². The summed E-state index contributed by atoms with van der Waals surface area (Å²) in [6.45, 7) is 2.14. The molecule has 0 radical (unpaired) electrons. The summed E-state index contributed by atoms with van der Waals surface area (Å²) in [6, 6.07) is 19.2. The first-order valence-corrected chi connectivity index (χ1v) is 8.94. The van der Waals surface area contributed by atoms with Crippen LogP contribution in [0.4, 0.5) is 5.69 Å². The fourth-order valence-electron chi connectivity index (χ4n) is 3.44. The third-order valence-electron chi connectivity index (χ3n) is 5.30. The van der Waals surface area contributed by atoms with E-state index in [0.717, 1.165) is 18.4 Å². The quantitative estimate of drug-likeness (QED) is 0.697. The third kappa shape index (κ3) is 3.04. The fraction of sp³-hybridized carbons (Fsp3) is 0.227. The van der Waals surface area contributed by atoms with Gasteiger partial charge in [-0.3, -0.25) is 4.79 Å². The highest BCUT2D eigenvalue weighted by Crippen LogP contribution is 2.51. The van der Waals surface area contributed by atoms with Crippen LogP contribution < -0.4 is 11.1 Å². The molecule has 0 aliphatic heterocycles. The maximum atomic E-state index is 12.4. The highest BCUT2D eigenvalue weighted by Gasteiger charge is 2.49. The van der Waals surface area contributed by atoms with E-state index in [1.54, 1.807) is 24.5 Å². The van der Waals surface area contributed by atoms with Gasteiger partial charge in [0.15, 0.2) is 5.76 Å². The van der Waals surface area contributed by atoms with Crippen LogP contribution in [-0.4, -0.2) is 11.4 Å². The van der Waals surface area contributed by atoms with Crippen molar-refractivity contribution in [1.82, 2.24) is 0 Å². The van der Waals surface area contributed by atoms with Gasteiger partial charge in [0, 0.05) is 28.7 Å². The first-order valence-electron chi connectivity index (χ1n) is 8.94. The lowest BCUT2D eigenvalue weighted by Crippen LogP contribution is -2.22. The van der Waals surface area contributed by atoms with Crippen molar-refractivity contribution in [3.8, 4) is 11.3 Å². The maximum absolute atomic E-state index is 12.4. The Morgan fingerprint density at radius 3 is 2.54 bits per heavy atom. The summed E-state index contributed by atoms with van der Waals surface area (Å²) in [4.78, 5) is 12.4. The molecule has 2 aromatic carbocycles. The van der Waals surface area contributed by atoms with Gasteiger partial charge in [-0.15, -0.1) is 0 Å². The molecule has 0 bridgehead atoms. The van der Waals surface area contributed by atoms with Gasteiger partial charge in [0.2, 0.25) is 0 Å². The second-order valence-corrected chi connectivity index (χ2v) is 6.95. The molecule has 4 heteroatoms. The van der Waals surface area contributed by atoms with Crippen molar-refractivity contribution >= 4 is 11.6 Å². The van der Waals surface area contributed by atoms with Gasteiger partial charge in [0.05, 0.1) is 12.0 Å². The molecule has 132 valence electrons. The first kappa shape index (κ1) is 16.6. The summed E-state index contributed by atoms with van der Waals surface area (Å²) in [6.07, 6.45) is 3.63. The summed E-state index contributed by atoms with van der Waals surface area (Å²) < 4.78 is 5.63. The molecular formula is C22H22N2O2. The molecule has 1 fully saturated rings. The molecule has 3 aromatic rings. The standard InChI is InChI=1S/C22H22N2O2/c1-2-22(23)14-18(22)15-8-10-16(11-9-15)20-19(12-13-26-20)24-21(25)17-6-4-3-5-7-17/h3-13,18H,2,14,23H2,1H3,(H,24,25). The Bertz CT molecular complexity index is 915. The van der Waals surface area contributed by atoms with Crippen molar-refractivity contribution in [2.24, 2.45) is 5.73 Å². The molecule has 0 saturated heterocycles. The van der Waals surface area contributed by atoms with Crippen LogP contribution in [0.25, 0.3) is 11.3 Å². The van der Waals surface area contributed by atoms with Gasteiger partial charge in [-0.05, 0) is 30.5 Å². The number of rotatable bonds is 5. The first-order chi connectivity index (χ1) is 12.6. The SMILES string of the molecule is CCC1(N)CC1c1ccc(-c2occc2NC(=O)c2ccccc2)cc1. The van der Waals surface area contributed by atoms with Crippen molar-refractivity contribution in [3.05, 3.63) is 78.1 Å². The Hall–Kier alpha value is -2.85. The maximum Gasteiger partial charge on any atom is 0.255 e. The van der Waals surface area contributed by atoms with Gasteiger partial charge in [-0.25, -0.2) is 0 Å². The average molecular weight is 346 g/mol. The summed E-state index contributed by atoms with van der Waals surface area (Å²) in [7, 11) is 0. The van der Waals surface area contributed by atoms with Gasteiger partial charge in [-0.2, -0.15) is 0 Å². The number of nitrogens with two attached hydrogens (primary N) is 1. The molecule has 4 nitrogen and oxygen atoms in total. The molecule has 0 spiro atoms. The van der Waals surface area contributed by atoms with E-state index in [0.29, 0.717) is 22.9 Å². The lowest BCUT2D eigenvalue weighted by atomic mass is 10.0. The van der Waals surface area contributed by atoms with E-state index < -0.39 is 0 Å². The monoisotopic (exact) mass is 346 g/mol. The smallest absolute Gasteiger partial charge is 0.255 e. The van der Waals surface area contributed by atoms with Gasteiger partial charge < -0.3 is 15.5 Å². The van der Waals surface area contributed by atoms with Crippen LogP contribution in [0.3, 0.4) is 0 Å². The van der Waals surface area contributed by atoms with Gasteiger partial charge in [0.1, 0.15) is 0 Å². The molecule has 1 aliphatic rings. The summed E-state index contributed by atoms with van der Waals surface area (Å²) in [5.74, 6) is 0.945. The zero-order valence-electron chi connectivity index (χ0n) is 14.7. The van der Waals surface area contributed by atoms with Crippen molar-refractivity contribution in [1.29, 1.82) is 0 Å². The largest absolute Gasteiger partial charge is 0.462 e. The number of amides is 1. The Kier molecular flexibility index (Phi) is 4.13. The van der Waals surface area contributed by atoms with Crippen LogP contribution in [0.15, 0.2) is 71.3 Å².